The number of amides is 1. The molecule has 0 heterocycles. The molecule has 2 atom stereocenters. The maximum Gasteiger partial charge on any atom is 0.310 e. The fourth-order valence-corrected chi connectivity index (χ4v) is 3.21. The molecule has 1 aliphatic carbocycles. The highest BCUT2D eigenvalue weighted by Crippen LogP contribution is 2.24. The summed E-state index contributed by atoms with van der Waals surface area (Å²) < 4.78 is 10.3. The van der Waals surface area contributed by atoms with Crippen LogP contribution in [-0.2, 0) is 20.7 Å². The SMILES string of the molecule is COc1ccc(Cl)cc1CC(=O)OCC(=O)N[C@H]1CCCC[C@H]1C. The molecule has 1 saturated carbocycles. The Labute approximate surface area is 147 Å². The van der Waals surface area contributed by atoms with Gasteiger partial charge in [0.2, 0.25) is 0 Å². The van der Waals surface area contributed by atoms with Crippen LogP contribution in [0.25, 0.3) is 0 Å². The Balaban J connectivity index is 1.80. The minimum Gasteiger partial charge on any atom is -0.496 e. The summed E-state index contributed by atoms with van der Waals surface area (Å²) in [5, 5.41) is 3.47. The molecule has 0 saturated heterocycles. The number of esters is 1. The van der Waals surface area contributed by atoms with E-state index in [2.05, 4.69) is 12.2 Å². The van der Waals surface area contributed by atoms with Gasteiger partial charge < -0.3 is 14.8 Å². The molecule has 0 spiro atoms. The Hall–Kier alpha value is -1.75. The van der Waals surface area contributed by atoms with Crippen LogP contribution in [0.2, 0.25) is 5.02 Å². The average molecular weight is 354 g/mol. The third kappa shape index (κ3) is 5.41. The van der Waals surface area contributed by atoms with Gasteiger partial charge in [0.15, 0.2) is 6.61 Å². The van der Waals surface area contributed by atoms with Gasteiger partial charge in [0.1, 0.15) is 5.75 Å². The van der Waals surface area contributed by atoms with Crippen LogP contribution in [0.4, 0.5) is 0 Å². The van der Waals surface area contributed by atoms with Gasteiger partial charge in [0.05, 0.1) is 13.5 Å². The molecule has 1 fully saturated rings. The molecule has 1 aromatic rings. The zero-order valence-corrected chi connectivity index (χ0v) is 14.9. The Morgan fingerprint density at radius 3 is 2.75 bits per heavy atom. The predicted molar refractivity (Wildman–Crippen MR) is 92.2 cm³/mol. The number of carbonyl (C=O) groups is 2. The van der Waals surface area contributed by atoms with Gasteiger partial charge in [0, 0.05) is 16.6 Å². The van der Waals surface area contributed by atoms with Crippen LogP contribution in [0.3, 0.4) is 0 Å². The van der Waals surface area contributed by atoms with E-state index in [1.54, 1.807) is 18.2 Å². The van der Waals surface area contributed by atoms with Gasteiger partial charge in [-0.25, -0.2) is 0 Å². The molecule has 0 bridgehead atoms. The van der Waals surface area contributed by atoms with Crippen LogP contribution in [0.5, 0.6) is 5.75 Å². The zero-order chi connectivity index (χ0) is 17.5. The van der Waals surface area contributed by atoms with Gasteiger partial charge in [-0.05, 0) is 37.0 Å². The van der Waals surface area contributed by atoms with Gasteiger partial charge in [-0.15, -0.1) is 0 Å². The maximum atomic E-state index is 12.0. The van der Waals surface area contributed by atoms with Crippen LogP contribution in [0, 0.1) is 5.92 Å². The standard InChI is InChI=1S/C18H24ClNO4/c1-12-5-3-4-6-15(12)20-17(21)11-24-18(22)10-13-9-14(19)7-8-16(13)23-2/h7-9,12,15H,3-6,10-11H2,1-2H3,(H,20,21)/t12-,15+/m1/s1. The second kappa shape index (κ2) is 8.92. The molecule has 132 valence electrons. The molecule has 6 heteroatoms. The van der Waals surface area contributed by atoms with Crippen molar-refractivity contribution in [1.82, 2.24) is 5.32 Å². The molecule has 1 aliphatic rings. The minimum atomic E-state index is -0.484. The first-order valence-corrected chi connectivity index (χ1v) is 8.64. The second-order valence-corrected chi connectivity index (χ2v) is 6.67. The summed E-state index contributed by atoms with van der Waals surface area (Å²) >= 11 is 5.94. The summed E-state index contributed by atoms with van der Waals surface area (Å²) in [6, 6.07) is 5.22. The third-order valence-corrected chi connectivity index (χ3v) is 4.63. The van der Waals surface area contributed by atoms with Crippen molar-refractivity contribution in [2.75, 3.05) is 13.7 Å². The average Bonchev–Trinajstić information content (AvgIpc) is 2.55. The van der Waals surface area contributed by atoms with E-state index in [4.69, 9.17) is 21.1 Å². The number of carbonyl (C=O) groups excluding carboxylic acids is 2. The smallest absolute Gasteiger partial charge is 0.310 e. The first kappa shape index (κ1) is 18.6. The lowest BCUT2D eigenvalue weighted by Gasteiger charge is -2.29. The van der Waals surface area contributed by atoms with E-state index < -0.39 is 5.97 Å². The monoisotopic (exact) mass is 353 g/mol. The number of nitrogens with one attached hydrogen (secondary N) is 1. The minimum absolute atomic E-state index is 0.0108. The van der Waals surface area contributed by atoms with E-state index >= 15 is 0 Å². The highest BCUT2D eigenvalue weighted by molar-refractivity contribution is 6.30. The summed E-state index contributed by atoms with van der Waals surface area (Å²) in [5.41, 5.74) is 0.635. The molecular formula is C18H24ClNO4. The van der Waals surface area contributed by atoms with Gasteiger partial charge in [-0.1, -0.05) is 31.4 Å². The van der Waals surface area contributed by atoms with Gasteiger partial charge in [0.25, 0.3) is 5.91 Å². The van der Waals surface area contributed by atoms with Crippen LogP contribution in [0.15, 0.2) is 18.2 Å². The number of benzene rings is 1. The molecule has 0 aromatic heterocycles. The summed E-state index contributed by atoms with van der Waals surface area (Å²) in [7, 11) is 1.52. The van der Waals surface area contributed by atoms with Crippen molar-refractivity contribution in [1.29, 1.82) is 0 Å². The Kier molecular flexibility index (Phi) is 6.91. The van der Waals surface area contributed by atoms with Crippen LogP contribution >= 0.6 is 11.6 Å². The normalized spacial score (nSPS) is 20.3. The molecule has 1 aromatic carbocycles. The maximum absolute atomic E-state index is 12.0. The summed E-state index contributed by atoms with van der Waals surface area (Å²) in [6.07, 6.45) is 4.46. The van der Waals surface area contributed by atoms with Crippen molar-refractivity contribution in [3.05, 3.63) is 28.8 Å². The molecule has 2 rings (SSSR count). The summed E-state index contributed by atoms with van der Waals surface area (Å²) in [4.78, 5) is 23.9. The number of rotatable bonds is 6. The topological polar surface area (TPSA) is 64.6 Å². The number of hydrogen-bond donors (Lipinski definition) is 1. The van der Waals surface area contributed by atoms with Gasteiger partial charge in [-0.3, -0.25) is 9.59 Å². The van der Waals surface area contributed by atoms with Crippen LogP contribution < -0.4 is 10.1 Å². The van der Waals surface area contributed by atoms with Gasteiger partial charge >= 0.3 is 5.97 Å². The molecule has 1 amide bonds. The lowest BCUT2D eigenvalue weighted by molar-refractivity contribution is -0.148. The third-order valence-electron chi connectivity index (χ3n) is 4.40. The number of ether oxygens (including phenoxy) is 2. The lowest BCUT2D eigenvalue weighted by atomic mass is 9.86. The zero-order valence-electron chi connectivity index (χ0n) is 14.1. The number of halogens is 1. The van der Waals surface area contributed by atoms with E-state index in [-0.39, 0.29) is 25.0 Å². The Morgan fingerprint density at radius 2 is 2.04 bits per heavy atom. The van der Waals surface area contributed by atoms with Crippen molar-refractivity contribution >= 4 is 23.5 Å². The quantitative estimate of drug-likeness (QED) is 0.798. The molecule has 24 heavy (non-hydrogen) atoms. The number of methoxy groups -OCH3 is 1. The van der Waals surface area contributed by atoms with Crippen LogP contribution in [0.1, 0.15) is 38.2 Å². The summed E-state index contributed by atoms with van der Waals surface area (Å²) in [6.45, 7) is 1.88. The highest BCUT2D eigenvalue weighted by Gasteiger charge is 2.23. The molecule has 1 N–H and O–H groups in total. The molecular weight excluding hydrogens is 330 g/mol. The molecule has 0 aliphatic heterocycles. The lowest BCUT2D eigenvalue weighted by Crippen LogP contribution is -2.42. The highest BCUT2D eigenvalue weighted by atomic mass is 35.5. The predicted octanol–water partition coefficient (Wildman–Crippen LogP) is 3.13. The first-order chi connectivity index (χ1) is 11.5. The first-order valence-electron chi connectivity index (χ1n) is 8.27. The van der Waals surface area contributed by atoms with E-state index in [0.717, 1.165) is 19.3 Å². The van der Waals surface area contributed by atoms with Crippen molar-refractivity contribution in [2.24, 2.45) is 5.92 Å². The summed E-state index contributed by atoms with van der Waals surface area (Å²) in [5.74, 6) is 0.300. The van der Waals surface area contributed by atoms with Crippen molar-refractivity contribution < 1.29 is 19.1 Å². The van der Waals surface area contributed by atoms with E-state index in [1.165, 1.54) is 13.5 Å². The fraction of sp³-hybridized carbons (Fsp3) is 0.556. The van der Waals surface area contributed by atoms with E-state index in [9.17, 15) is 9.59 Å². The molecule has 0 radical (unpaired) electrons. The molecule has 0 unspecified atom stereocenters. The Morgan fingerprint density at radius 1 is 1.29 bits per heavy atom. The van der Waals surface area contributed by atoms with Gasteiger partial charge in [-0.2, -0.15) is 0 Å². The number of hydrogen-bond acceptors (Lipinski definition) is 4. The van der Waals surface area contributed by atoms with Crippen molar-refractivity contribution in [3.8, 4) is 5.75 Å². The Bertz CT molecular complexity index is 590. The van der Waals surface area contributed by atoms with E-state index in [0.29, 0.717) is 22.3 Å². The largest absolute Gasteiger partial charge is 0.496 e. The fourth-order valence-electron chi connectivity index (χ4n) is 3.02. The van der Waals surface area contributed by atoms with E-state index in [1.807, 2.05) is 0 Å². The van der Waals surface area contributed by atoms with Crippen LogP contribution in [-0.4, -0.2) is 31.6 Å². The van der Waals surface area contributed by atoms with Crippen molar-refractivity contribution in [2.45, 2.75) is 45.1 Å². The molecule has 5 nitrogen and oxygen atoms in total. The van der Waals surface area contributed by atoms with Crippen molar-refractivity contribution in [3.63, 3.8) is 0 Å². The second-order valence-electron chi connectivity index (χ2n) is 6.23.